The molecule has 102 valence electrons. The number of aliphatic hydroxyl groups excluding tert-OH is 1. The largest absolute Gasteiger partial charge is 0.390 e. The predicted molar refractivity (Wildman–Crippen MR) is 77.1 cm³/mol. The molecule has 0 spiro atoms. The number of carbonyl (C=O) groups is 1. The third-order valence-electron chi connectivity index (χ3n) is 4.19. The van der Waals surface area contributed by atoms with Crippen LogP contribution in [-0.4, -0.2) is 27.6 Å². The van der Waals surface area contributed by atoms with E-state index in [0.29, 0.717) is 6.42 Å². The molecule has 0 radical (unpaired) electrons. The molecule has 4 heteroatoms. The van der Waals surface area contributed by atoms with Gasteiger partial charge in [-0.1, -0.05) is 24.3 Å². The smallest absolute Gasteiger partial charge is 0.236 e. The molecular weight excluding hydrogens is 258 g/mol. The van der Waals surface area contributed by atoms with Crippen LogP contribution < -0.4 is 5.32 Å². The van der Waals surface area contributed by atoms with Crippen molar-refractivity contribution in [3.8, 4) is 0 Å². The minimum Gasteiger partial charge on any atom is -0.390 e. The van der Waals surface area contributed by atoms with E-state index in [0.717, 1.165) is 29.7 Å². The van der Waals surface area contributed by atoms with Gasteiger partial charge in [-0.05, 0) is 36.6 Å². The van der Waals surface area contributed by atoms with E-state index < -0.39 is 6.10 Å². The van der Waals surface area contributed by atoms with E-state index in [9.17, 15) is 9.90 Å². The first-order chi connectivity index (χ1) is 9.10. The molecule has 1 aromatic carbocycles. The summed E-state index contributed by atoms with van der Waals surface area (Å²) < 4.78 is -0.322. The van der Waals surface area contributed by atoms with Gasteiger partial charge in [-0.25, -0.2) is 0 Å². The fourth-order valence-electron chi connectivity index (χ4n) is 3.00. The first kappa shape index (κ1) is 13.0. The Labute approximate surface area is 117 Å². The lowest BCUT2D eigenvalue weighted by molar-refractivity contribution is -0.124. The van der Waals surface area contributed by atoms with Crippen molar-refractivity contribution in [2.75, 3.05) is 5.75 Å². The van der Waals surface area contributed by atoms with E-state index in [1.54, 1.807) is 11.8 Å². The number of benzene rings is 1. The number of thioether (sulfide) groups is 1. The number of carbonyl (C=O) groups excluding carboxylic acids is 1. The fourth-order valence-corrected chi connectivity index (χ4v) is 4.22. The molecule has 3 rings (SSSR count). The van der Waals surface area contributed by atoms with Gasteiger partial charge in [-0.3, -0.25) is 4.79 Å². The Hall–Kier alpha value is -1.00. The van der Waals surface area contributed by atoms with E-state index >= 15 is 0 Å². The lowest BCUT2D eigenvalue weighted by atomic mass is 10.0. The Morgan fingerprint density at radius 3 is 3.00 bits per heavy atom. The van der Waals surface area contributed by atoms with E-state index in [1.165, 1.54) is 0 Å². The molecule has 0 bridgehead atoms. The van der Waals surface area contributed by atoms with E-state index in [2.05, 4.69) is 5.32 Å². The molecule has 1 aliphatic carbocycles. The van der Waals surface area contributed by atoms with Gasteiger partial charge < -0.3 is 10.4 Å². The lowest BCUT2D eigenvalue weighted by Crippen LogP contribution is -2.44. The average molecular weight is 277 g/mol. The summed E-state index contributed by atoms with van der Waals surface area (Å²) in [5, 5.41) is 13.2. The topological polar surface area (TPSA) is 49.3 Å². The minimum atomic E-state index is -0.503. The molecule has 1 aromatic rings. The molecule has 2 aliphatic rings. The predicted octanol–water partition coefficient (Wildman–Crippen LogP) is 2.05. The first-order valence-corrected chi connectivity index (χ1v) is 7.79. The lowest BCUT2D eigenvalue weighted by Gasteiger charge is -2.26. The van der Waals surface area contributed by atoms with Crippen LogP contribution in [0.15, 0.2) is 24.3 Å². The molecule has 1 unspecified atom stereocenters. The van der Waals surface area contributed by atoms with Gasteiger partial charge in [0.05, 0.1) is 16.9 Å². The first-order valence-electron chi connectivity index (χ1n) is 6.81. The molecule has 0 aromatic heterocycles. The van der Waals surface area contributed by atoms with E-state index in [4.69, 9.17) is 0 Å². The second-order valence-corrected chi connectivity index (χ2v) is 7.20. The number of fused-ring (bicyclic) bond motifs is 1. The van der Waals surface area contributed by atoms with Crippen LogP contribution in [0.3, 0.4) is 0 Å². The van der Waals surface area contributed by atoms with Crippen LogP contribution in [0.4, 0.5) is 0 Å². The van der Waals surface area contributed by atoms with Crippen LogP contribution in [0.5, 0.6) is 0 Å². The van der Waals surface area contributed by atoms with Crippen molar-refractivity contribution in [2.24, 2.45) is 0 Å². The van der Waals surface area contributed by atoms with Crippen LogP contribution in [0.25, 0.3) is 0 Å². The number of aliphatic hydroxyl groups is 1. The maximum atomic E-state index is 12.4. The number of hydrogen-bond donors (Lipinski definition) is 2. The normalized spacial score (nSPS) is 33.2. The van der Waals surface area contributed by atoms with Crippen molar-refractivity contribution >= 4 is 17.7 Å². The quantitative estimate of drug-likeness (QED) is 0.870. The molecule has 3 nitrogen and oxygen atoms in total. The monoisotopic (exact) mass is 277 g/mol. The highest BCUT2D eigenvalue weighted by Crippen LogP contribution is 2.39. The van der Waals surface area contributed by atoms with Crippen molar-refractivity contribution in [2.45, 2.75) is 43.1 Å². The van der Waals surface area contributed by atoms with Crippen LogP contribution in [-0.2, 0) is 11.2 Å². The van der Waals surface area contributed by atoms with E-state index in [1.807, 2.05) is 31.2 Å². The zero-order valence-corrected chi connectivity index (χ0v) is 11.9. The molecule has 1 amide bonds. The maximum Gasteiger partial charge on any atom is 0.236 e. The van der Waals surface area contributed by atoms with Gasteiger partial charge in [-0.15, -0.1) is 11.8 Å². The van der Waals surface area contributed by atoms with Gasteiger partial charge in [-0.2, -0.15) is 0 Å². The van der Waals surface area contributed by atoms with Crippen LogP contribution in [0, 0.1) is 0 Å². The van der Waals surface area contributed by atoms with Crippen molar-refractivity contribution in [3.63, 3.8) is 0 Å². The Morgan fingerprint density at radius 2 is 2.26 bits per heavy atom. The van der Waals surface area contributed by atoms with Crippen molar-refractivity contribution in [1.29, 1.82) is 0 Å². The van der Waals surface area contributed by atoms with Gasteiger partial charge in [0.25, 0.3) is 0 Å². The van der Waals surface area contributed by atoms with Gasteiger partial charge in [0.15, 0.2) is 0 Å². The SMILES string of the molecule is CC1(C(=O)N[C@@H]2c3ccccc3C[C@@H]2O)CCCS1. The Balaban J connectivity index is 1.78. The van der Waals surface area contributed by atoms with Crippen molar-refractivity contribution in [3.05, 3.63) is 35.4 Å². The van der Waals surface area contributed by atoms with Crippen LogP contribution in [0.2, 0.25) is 0 Å². The fraction of sp³-hybridized carbons (Fsp3) is 0.533. The molecule has 3 atom stereocenters. The van der Waals surface area contributed by atoms with Gasteiger partial charge >= 0.3 is 0 Å². The third kappa shape index (κ3) is 2.28. The zero-order valence-electron chi connectivity index (χ0n) is 11.1. The van der Waals surface area contributed by atoms with E-state index in [-0.39, 0.29) is 16.7 Å². The third-order valence-corrected chi connectivity index (χ3v) is 5.71. The molecule has 0 saturated carbocycles. The Kier molecular flexibility index (Phi) is 3.31. The summed E-state index contributed by atoms with van der Waals surface area (Å²) in [6, 6.07) is 7.71. The van der Waals surface area contributed by atoms with Crippen LogP contribution in [0.1, 0.15) is 36.9 Å². The molecule has 2 N–H and O–H groups in total. The standard InChI is InChI=1S/C15H19NO2S/c1-15(7-4-8-19-15)14(18)16-13-11-6-3-2-5-10(11)9-12(13)17/h2-3,5-6,12-13,17H,4,7-9H2,1H3,(H,16,18)/t12-,13+,15?/m0/s1. The van der Waals surface area contributed by atoms with Crippen molar-refractivity contribution < 1.29 is 9.90 Å². The number of nitrogens with one attached hydrogen (secondary N) is 1. The highest BCUT2D eigenvalue weighted by Gasteiger charge is 2.40. The minimum absolute atomic E-state index is 0.0655. The average Bonchev–Trinajstić information content (AvgIpc) is 2.96. The Bertz CT molecular complexity index is 497. The van der Waals surface area contributed by atoms with Gasteiger partial charge in [0.1, 0.15) is 0 Å². The molecule has 1 fully saturated rings. The summed E-state index contributed by atoms with van der Waals surface area (Å²) in [5.74, 6) is 1.11. The van der Waals surface area contributed by atoms with Gasteiger partial charge in [0, 0.05) is 6.42 Å². The highest BCUT2D eigenvalue weighted by molar-refractivity contribution is 8.01. The number of rotatable bonds is 2. The summed E-state index contributed by atoms with van der Waals surface area (Å²) in [6.07, 6.45) is 2.15. The second-order valence-electron chi connectivity index (χ2n) is 5.60. The molecule has 19 heavy (non-hydrogen) atoms. The summed E-state index contributed by atoms with van der Waals surface area (Å²) in [6.45, 7) is 2.01. The summed E-state index contributed by atoms with van der Waals surface area (Å²) in [5.41, 5.74) is 2.21. The summed E-state index contributed by atoms with van der Waals surface area (Å²) in [7, 11) is 0. The summed E-state index contributed by atoms with van der Waals surface area (Å²) >= 11 is 1.73. The Morgan fingerprint density at radius 1 is 1.47 bits per heavy atom. The maximum absolute atomic E-state index is 12.4. The number of hydrogen-bond acceptors (Lipinski definition) is 3. The van der Waals surface area contributed by atoms with Crippen LogP contribution >= 0.6 is 11.8 Å². The second kappa shape index (κ2) is 4.84. The molecule has 1 saturated heterocycles. The molecule has 1 heterocycles. The van der Waals surface area contributed by atoms with Crippen molar-refractivity contribution in [1.82, 2.24) is 5.32 Å². The molecule has 1 aliphatic heterocycles. The highest BCUT2D eigenvalue weighted by atomic mass is 32.2. The number of amides is 1. The van der Waals surface area contributed by atoms with Gasteiger partial charge in [0.2, 0.25) is 5.91 Å². The molecular formula is C15H19NO2S. The summed E-state index contributed by atoms with van der Waals surface area (Å²) in [4.78, 5) is 12.4. The zero-order chi connectivity index (χ0) is 13.5.